The predicted octanol–water partition coefficient (Wildman–Crippen LogP) is 0.335. The summed E-state index contributed by atoms with van der Waals surface area (Å²) < 4.78 is 6.73. The summed E-state index contributed by atoms with van der Waals surface area (Å²) in [4.78, 5) is 29.5. The Hall–Kier alpha value is -2.71. The fraction of sp³-hybridized carbons (Fsp3) is 0.500. The van der Waals surface area contributed by atoms with Crippen LogP contribution in [0, 0.1) is 6.92 Å². The van der Waals surface area contributed by atoms with Crippen LogP contribution in [0.3, 0.4) is 0 Å². The Morgan fingerprint density at radius 1 is 1.48 bits per heavy atom. The number of aryl methyl sites for hydroxylation is 2. The molecule has 0 saturated carbocycles. The molecule has 1 fully saturated rings. The van der Waals surface area contributed by atoms with Gasteiger partial charge in [-0.2, -0.15) is 10.1 Å². The highest BCUT2D eigenvalue weighted by molar-refractivity contribution is 5.92. The molecule has 1 N–H and O–H groups in total. The van der Waals surface area contributed by atoms with Crippen molar-refractivity contribution in [1.29, 1.82) is 0 Å². The predicted molar refractivity (Wildman–Crippen MR) is 78.2 cm³/mol. The molecule has 1 aliphatic rings. The first kappa shape index (κ1) is 15.2. The van der Waals surface area contributed by atoms with E-state index in [2.05, 4.69) is 20.6 Å². The highest BCUT2D eigenvalue weighted by atomic mass is 16.5. The molecule has 2 aromatic rings. The summed E-state index contributed by atoms with van der Waals surface area (Å²) >= 11 is 0. The summed E-state index contributed by atoms with van der Waals surface area (Å²) in [6, 6.07) is 1.52. The molecular formula is C14H18N6O3. The molecule has 0 spiro atoms. The molecule has 0 aromatic carbocycles. The van der Waals surface area contributed by atoms with Crippen LogP contribution in [0.4, 0.5) is 0 Å². The average molecular weight is 318 g/mol. The van der Waals surface area contributed by atoms with Crippen molar-refractivity contribution in [3.8, 4) is 0 Å². The van der Waals surface area contributed by atoms with Gasteiger partial charge in [0.05, 0.1) is 12.2 Å². The highest BCUT2D eigenvalue weighted by Crippen LogP contribution is 2.29. The third kappa shape index (κ3) is 2.94. The van der Waals surface area contributed by atoms with E-state index in [1.165, 1.54) is 4.68 Å². The minimum atomic E-state index is -0.257. The van der Waals surface area contributed by atoms with Gasteiger partial charge in [0.25, 0.3) is 5.91 Å². The molecule has 1 aliphatic heterocycles. The van der Waals surface area contributed by atoms with E-state index in [9.17, 15) is 9.59 Å². The minimum Gasteiger partial charge on any atom is -0.343 e. The molecule has 2 aromatic heterocycles. The lowest BCUT2D eigenvalue weighted by molar-refractivity contribution is -0.127. The standard InChI is InChI=1S/C14H18N6O3/c1-8-6-10(20(3)17-8)13(22)15-7-11-16-14(23-18-11)9-4-5-12(21)19(9)2/h6,9H,4-5,7H2,1-3H3,(H,15,22)/t9-/m0/s1. The van der Waals surface area contributed by atoms with E-state index >= 15 is 0 Å². The van der Waals surface area contributed by atoms with Crippen LogP contribution in [0.5, 0.6) is 0 Å². The number of aromatic nitrogens is 4. The summed E-state index contributed by atoms with van der Waals surface area (Å²) in [5.41, 5.74) is 1.24. The average Bonchev–Trinajstić information content (AvgIpc) is 3.18. The zero-order chi connectivity index (χ0) is 16.6. The molecule has 122 valence electrons. The van der Waals surface area contributed by atoms with Gasteiger partial charge in [-0.05, 0) is 19.4 Å². The van der Waals surface area contributed by atoms with E-state index in [1.807, 2.05) is 6.92 Å². The topological polar surface area (TPSA) is 106 Å². The van der Waals surface area contributed by atoms with Crippen LogP contribution in [0.2, 0.25) is 0 Å². The molecule has 0 aliphatic carbocycles. The van der Waals surface area contributed by atoms with Crippen LogP contribution in [-0.4, -0.2) is 43.7 Å². The number of likely N-dealkylation sites (tertiary alicyclic amines) is 1. The fourth-order valence-electron chi connectivity index (χ4n) is 2.64. The van der Waals surface area contributed by atoms with Crippen molar-refractivity contribution < 1.29 is 14.1 Å². The van der Waals surface area contributed by atoms with Crippen LogP contribution in [0.15, 0.2) is 10.6 Å². The third-order valence-electron chi connectivity index (χ3n) is 3.90. The van der Waals surface area contributed by atoms with Crippen molar-refractivity contribution >= 4 is 11.8 Å². The maximum atomic E-state index is 12.1. The lowest BCUT2D eigenvalue weighted by Crippen LogP contribution is -2.25. The van der Waals surface area contributed by atoms with Crippen molar-refractivity contribution in [2.75, 3.05) is 7.05 Å². The van der Waals surface area contributed by atoms with E-state index < -0.39 is 0 Å². The number of nitrogens with zero attached hydrogens (tertiary/aromatic N) is 5. The third-order valence-corrected chi connectivity index (χ3v) is 3.90. The Morgan fingerprint density at radius 3 is 2.87 bits per heavy atom. The molecule has 0 bridgehead atoms. The monoisotopic (exact) mass is 318 g/mol. The van der Waals surface area contributed by atoms with Gasteiger partial charge in [0.1, 0.15) is 11.7 Å². The Morgan fingerprint density at radius 2 is 2.26 bits per heavy atom. The van der Waals surface area contributed by atoms with E-state index in [0.29, 0.717) is 30.3 Å². The molecule has 23 heavy (non-hydrogen) atoms. The van der Waals surface area contributed by atoms with Gasteiger partial charge >= 0.3 is 0 Å². The van der Waals surface area contributed by atoms with Crippen LogP contribution >= 0.6 is 0 Å². The molecule has 0 unspecified atom stereocenters. The number of hydrogen-bond acceptors (Lipinski definition) is 6. The van der Waals surface area contributed by atoms with Gasteiger partial charge in [-0.25, -0.2) is 0 Å². The Bertz CT molecular complexity index is 750. The van der Waals surface area contributed by atoms with E-state index in [0.717, 1.165) is 5.69 Å². The smallest absolute Gasteiger partial charge is 0.269 e. The Labute approximate surface area is 132 Å². The summed E-state index contributed by atoms with van der Waals surface area (Å²) in [6.45, 7) is 1.97. The van der Waals surface area contributed by atoms with Gasteiger partial charge in [0, 0.05) is 20.5 Å². The minimum absolute atomic E-state index is 0.0645. The number of amides is 2. The molecule has 9 nitrogen and oxygen atoms in total. The van der Waals surface area contributed by atoms with Gasteiger partial charge in [0.15, 0.2) is 5.82 Å². The first-order valence-electron chi connectivity index (χ1n) is 7.32. The number of carbonyl (C=O) groups is 2. The van der Waals surface area contributed by atoms with Gasteiger partial charge in [-0.3, -0.25) is 14.3 Å². The zero-order valence-corrected chi connectivity index (χ0v) is 13.2. The SMILES string of the molecule is Cc1cc(C(=O)NCc2noc([C@@H]3CCC(=O)N3C)n2)n(C)n1. The molecule has 3 rings (SSSR count). The van der Waals surface area contributed by atoms with Crippen LogP contribution in [0.1, 0.15) is 46.8 Å². The first-order chi connectivity index (χ1) is 11.0. The Kier molecular flexibility index (Phi) is 3.85. The number of rotatable bonds is 4. The quantitative estimate of drug-likeness (QED) is 0.871. The van der Waals surface area contributed by atoms with Gasteiger partial charge in [-0.15, -0.1) is 0 Å². The number of nitrogens with one attached hydrogen (secondary N) is 1. The van der Waals surface area contributed by atoms with Crippen molar-refractivity contribution in [2.24, 2.45) is 7.05 Å². The molecule has 2 amide bonds. The maximum Gasteiger partial charge on any atom is 0.269 e. The largest absolute Gasteiger partial charge is 0.343 e. The molecule has 9 heteroatoms. The normalized spacial score (nSPS) is 17.8. The van der Waals surface area contributed by atoms with Crippen molar-refractivity contribution in [3.05, 3.63) is 29.2 Å². The summed E-state index contributed by atoms with van der Waals surface area (Å²) in [5.74, 6) is 0.584. The van der Waals surface area contributed by atoms with Crippen LogP contribution in [-0.2, 0) is 18.4 Å². The van der Waals surface area contributed by atoms with E-state index in [1.54, 1.807) is 25.1 Å². The molecular weight excluding hydrogens is 300 g/mol. The van der Waals surface area contributed by atoms with Gasteiger partial charge in [0.2, 0.25) is 11.8 Å². The summed E-state index contributed by atoms with van der Waals surface area (Å²) in [7, 11) is 3.43. The highest BCUT2D eigenvalue weighted by Gasteiger charge is 2.33. The summed E-state index contributed by atoms with van der Waals surface area (Å²) in [6.07, 6.45) is 1.15. The molecule has 1 atom stereocenters. The molecule has 1 saturated heterocycles. The lowest BCUT2D eigenvalue weighted by atomic mass is 10.2. The molecule has 3 heterocycles. The van der Waals surface area contributed by atoms with Crippen molar-refractivity contribution in [1.82, 2.24) is 30.1 Å². The first-order valence-corrected chi connectivity index (χ1v) is 7.32. The second-order valence-corrected chi connectivity index (χ2v) is 5.59. The van der Waals surface area contributed by atoms with Crippen molar-refractivity contribution in [2.45, 2.75) is 32.4 Å². The van der Waals surface area contributed by atoms with Gasteiger partial charge < -0.3 is 14.7 Å². The van der Waals surface area contributed by atoms with Crippen LogP contribution in [0.25, 0.3) is 0 Å². The Balaban J connectivity index is 1.62. The van der Waals surface area contributed by atoms with Gasteiger partial charge in [-0.1, -0.05) is 5.16 Å². The van der Waals surface area contributed by atoms with Crippen LogP contribution < -0.4 is 5.32 Å². The number of hydrogen-bond donors (Lipinski definition) is 1. The van der Waals surface area contributed by atoms with E-state index in [-0.39, 0.29) is 24.4 Å². The summed E-state index contributed by atoms with van der Waals surface area (Å²) in [5, 5.41) is 10.7. The number of carbonyl (C=O) groups excluding carboxylic acids is 2. The second kappa shape index (κ2) is 5.82. The maximum absolute atomic E-state index is 12.1. The lowest BCUT2D eigenvalue weighted by Gasteiger charge is -2.14. The van der Waals surface area contributed by atoms with E-state index in [4.69, 9.17) is 4.52 Å². The zero-order valence-electron chi connectivity index (χ0n) is 13.2. The van der Waals surface area contributed by atoms with Crippen molar-refractivity contribution in [3.63, 3.8) is 0 Å². The second-order valence-electron chi connectivity index (χ2n) is 5.59. The molecule has 0 radical (unpaired) electrons. The fourth-order valence-corrected chi connectivity index (χ4v) is 2.64.